The van der Waals surface area contributed by atoms with Crippen LogP contribution in [0, 0.1) is 6.92 Å². The highest BCUT2D eigenvalue weighted by molar-refractivity contribution is 7.16. The number of halogens is 1. The summed E-state index contributed by atoms with van der Waals surface area (Å²) < 4.78 is 0. The van der Waals surface area contributed by atoms with E-state index in [0.29, 0.717) is 11.6 Å². The van der Waals surface area contributed by atoms with Crippen LogP contribution in [0.3, 0.4) is 0 Å². The number of aromatic nitrogens is 2. The smallest absolute Gasteiger partial charge is 0.270 e. The van der Waals surface area contributed by atoms with Crippen molar-refractivity contribution in [2.24, 2.45) is 0 Å². The number of nitrogens with zero attached hydrogens (tertiary/aromatic N) is 2. The van der Waals surface area contributed by atoms with Crippen molar-refractivity contribution >= 4 is 46.1 Å². The zero-order chi connectivity index (χ0) is 19.2. The number of carbonyl (C=O) groups is 2. The van der Waals surface area contributed by atoms with Crippen molar-refractivity contribution in [2.45, 2.75) is 13.3 Å². The number of rotatable bonds is 7. The molecule has 0 aliphatic carbocycles. The summed E-state index contributed by atoms with van der Waals surface area (Å²) in [4.78, 5) is 34.5. The molecule has 0 spiro atoms. The average molecular weight is 421 g/mol. The third kappa shape index (κ3) is 5.59. The van der Waals surface area contributed by atoms with Crippen LogP contribution in [0.25, 0.3) is 10.6 Å². The minimum atomic E-state index is -0.436. The predicted molar refractivity (Wildman–Crippen MR) is 108 cm³/mol. The molecule has 0 unspecified atom stereocenters. The Morgan fingerprint density at radius 1 is 1.22 bits per heavy atom. The zero-order valence-electron chi connectivity index (χ0n) is 14.5. The number of aryl methyl sites for hydroxylation is 1. The molecule has 27 heavy (non-hydrogen) atoms. The van der Waals surface area contributed by atoms with Gasteiger partial charge in [0.15, 0.2) is 0 Å². The van der Waals surface area contributed by atoms with Gasteiger partial charge in [0.05, 0.1) is 22.1 Å². The molecule has 3 heterocycles. The van der Waals surface area contributed by atoms with E-state index in [1.54, 1.807) is 28.7 Å². The van der Waals surface area contributed by atoms with Crippen LogP contribution in [-0.2, 0) is 11.2 Å². The zero-order valence-corrected chi connectivity index (χ0v) is 16.9. The van der Waals surface area contributed by atoms with Crippen molar-refractivity contribution < 1.29 is 9.59 Å². The molecular formula is C18H17ClN4O2S2. The Morgan fingerprint density at radius 2 is 2.07 bits per heavy atom. The molecule has 0 saturated heterocycles. The van der Waals surface area contributed by atoms with Crippen LogP contribution in [0.1, 0.15) is 20.4 Å². The van der Waals surface area contributed by atoms with E-state index in [1.807, 2.05) is 18.4 Å². The van der Waals surface area contributed by atoms with Crippen molar-refractivity contribution in [1.29, 1.82) is 0 Å². The van der Waals surface area contributed by atoms with Gasteiger partial charge in [-0.2, -0.15) is 0 Å². The highest BCUT2D eigenvalue weighted by Gasteiger charge is 2.10. The largest absolute Gasteiger partial charge is 0.354 e. The SMILES string of the molecule is Cc1nc(-c2ccc(CCNC(=O)CNC(=O)c3cc(Cl)ccn3)s2)cs1. The van der Waals surface area contributed by atoms with E-state index in [9.17, 15) is 9.59 Å². The highest BCUT2D eigenvalue weighted by Crippen LogP contribution is 2.29. The lowest BCUT2D eigenvalue weighted by atomic mass is 10.3. The van der Waals surface area contributed by atoms with E-state index in [4.69, 9.17) is 11.6 Å². The Morgan fingerprint density at radius 3 is 2.81 bits per heavy atom. The second-order valence-corrected chi connectivity index (χ2v) is 8.33. The Balaban J connectivity index is 1.41. The van der Waals surface area contributed by atoms with E-state index in [2.05, 4.69) is 26.7 Å². The topological polar surface area (TPSA) is 84.0 Å². The standard InChI is InChI=1S/C18H17ClN4O2S2/c1-11-23-15(10-26-11)16-3-2-13(27-16)5-7-21-17(24)9-22-18(25)14-8-12(19)4-6-20-14/h2-4,6,8,10H,5,7,9H2,1H3,(H,21,24)(H,22,25). The first-order valence-electron chi connectivity index (χ1n) is 8.19. The van der Waals surface area contributed by atoms with E-state index >= 15 is 0 Å². The Labute approximate surface area is 169 Å². The van der Waals surface area contributed by atoms with E-state index in [0.717, 1.165) is 22.0 Å². The number of nitrogens with one attached hydrogen (secondary N) is 2. The van der Waals surface area contributed by atoms with Gasteiger partial charge in [0, 0.05) is 28.0 Å². The lowest BCUT2D eigenvalue weighted by Crippen LogP contribution is -2.37. The van der Waals surface area contributed by atoms with Gasteiger partial charge in [-0.25, -0.2) is 4.98 Å². The van der Waals surface area contributed by atoms with Crippen molar-refractivity contribution in [3.63, 3.8) is 0 Å². The number of pyridine rings is 1. The fourth-order valence-corrected chi connectivity index (χ4v) is 4.11. The first kappa shape index (κ1) is 19.5. The summed E-state index contributed by atoms with van der Waals surface area (Å²) in [6.45, 7) is 2.38. The second-order valence-electron chi connectivity index (χ2n) is 5.66. The van der Waals surface area contributed by atoms with Gasteiger partial charge in [-0.1, -0.05) is 11.6 Å². The summed E-state index contributed by atoms with van der Waals surface area (Å²) >= 11 is 9.12. The normalized spacial score (nSPS) is 10.6. The second kappa shape index (κ2) is 9.07. The van der Waals surface area contributed by atoms with Crippen LogP contribution in [0.4, 0.5) is 0 Å². The third-order valence-electron chi connectivity index (χ3n) is 3.59. The lowest BCUT2D eigenvalue weighted by molar-refractivity contribution is -0.120. The molecule has 0 radical (unpaired) electrons. The number of carbonyl (C=O) groups excluding carboxylic acids is 2. The molecule has 2 N–H and O–H groups in total. The maximum absolute atomic E-state index is 11.9. The molecule has 0 saturated carbocycles. The number of amides is 2. The molecule has 3 aromatic rings. The Kier molecular flexibility index (Phi) is 6.54. The maximum Gasteiger partial charge on any atom is 0.270 e. The highest BCUT2D eigenvalue weighted by atomic mass is 35.5. The van der Waals surface area contributed by atoms with Gasteiger partial charge in [-0.15, -0.1) is 22.7 Å². The molecule has 2 amide bonds. The van der Waals surface area contributed by atoms with Gasteiger partial charge in [-0.05, 0) is 37.6 Å². The molecule has 0 bridgehead atoms. The number of hydrogen-bond donors (Lipinski definition) is 2. The molecule has 0 fully saturated rings. The van der Waals surface area contributed by atoms with Crippen molar-refractivity contribution in [1.82, 2.24) is 20.6 Å². The minimum absolute atomic E-state index is 0.110. The van der Waals surface area contributed by atoms with Gasteiger partial charge in [0.2, 0.25) is 5.91 Å². The summed E-state index contributed by atoms with van der Waals surface area (Å²) in [7, 11) is 0. The number of thiazole rings is 1. The molecule has 6 nitrogen and oxygen atoms in total. The molecule has 0 atom stereocenters. The molecule has 9 heteroatoms. The van der Waals surface area contributed by atoms with Gasteiger partial charge in [0.1, 0.15) is 5.69 Å². The molecule has 3 rings (SSSR count). The minimum Gasteiger partial charge on any atom is -0.354 e. The summed E-state index contributed by atoms with van der Waals surface area (Å²) in [6, 6.07) is 7.13. The molecular weight excluding hydrogens is 404 g/mol. The van der Waals surface area contributed by atoms with E-state index in [-0.39, 0.29) is 18.1 Å². The maximum atomic E-state index is 11.9. The van der Waals surface area contributed by atoms with Crippen LogP contribution in [0.15, 0.2) is 35.8 Å². The number of thiophene rings is 1. The molecule has 3 aromatic heterocycles. The van der Waals surface area contributed by atoms with Gasteiger partial charge < -0.3 is 10.6 Å². The van der Waals surface area contributed by atoms with Crippen LogP contribution in [0.5, 0.6) is 0 Å². The monoisotopic (exact) mass is 420 g/mol. The molecule has 140 valence electrons. The molecule has 0 aromatic carbocycles. The van der Waals surface area contributed by atoms with Crippen LogP contribution < -0.4 is 10.6 Å². The Bertz CT molecular complexity index is 954. The van der Waals surface area contributed by atoms with Crippen molar-refractivity contribution in [3.05, 3.63) is 56.4 Å². The van der Waals surface area contributed by atoms with Crippen molar-refractivity contribution in [3.8, 4) is 10.6 Å². The number of hydrogen-bond acceptors (Lipinski definition) is 6. The lowest BCUT2D eigenvalue weighted by Gasteiger charge is -2.06. The average Bonchev–Trinajstić information content (AvgIpc) is 3.28. The first-order valence-corrected chi connectivity index (χ1v) is 10.3. The summed E-state index contributed by atoms with van der Waals surface area (Å²) in [6.07, 6.45) is 2.17. The first-order chi connectivity index (χ1) is 13.0. The van der Waals surface area contributed by atoms with E-state index < -0.39 is 5.91 Å². The fourth-order valence-electron chi connectivity index (χ4n) is 2.29. The fraction of sp³-hybridized carbons (Fsp3) is 0.222. The summed E-state index contributed by atoms with van der Waals surface area (Å²) in [5.41, 5.74) is 1.17. The van der Waals surface area contributed by atoms with Crippen molar-refractivity contribution in [2.75, 3.05) is 13.1 Å². The summed E-state index contributed by atoms with van der Waals surface area (Å²) in [5, 5.41) is 8.83. The van der Waals surface area contributed by atoms with Crippen LogP contribution >= 0.6 is 34.3 Å². The Hall–Kier alpha value is -2.29. The summed E-state index contributed by atoms with van der Waals surface area (Å²) in [5.74, 6) is -0.689. The van der Waals surface area contributed by atoms with Gasteiger partial charge in [-0.3, -0.25) is 14.6 Å². The molecule has 0 aliphatic heterocycles. The van der Waals surface area contributed by atoms with Crippen LogP contribution in [-0.4, -0.2) is 34.9 Å². The van der Waals surface area contributed by atoms with E-state index in [1.165, 1.54) is 17.1 Å². The van der Waals surface area contributed by atoms with Gasteiger partial charge >= 0.3 is 0 Å². The van der Waals surface area contributed by atoms with Gasteiger partial charge in [0.25, 0.3) is 5.91 Å². The molecule has 0 aliphatic rings. The predicted octanol–water partition coefficient (Wildman–Crippen LogP) is 3.32. The third-order valence-corrected chi connectivity index (χ3v) is 5.77. The van der Waals surface area contributed by atoms with Crippen LogP contribution in [0.2, 0.25) is 5.02 Å². The quantitative estimate of drug-likeness (QED) is 0.614.